The van der Waals surface area contributed by atoms with Gasteiger partial charge in [0.2, 0.25) is 5.78 Å². The van der Waals surface area contributed by atoms with E-state index in [-0.39, 0.29) is 11.8 Å². The number of aldehydes is 1. The first kappa shape index (κ1) is 9.39. The van der Waals surface area contributed by atoms with E-state index in [0.717, 1.165) is 19.3 Å². The number of carbonyl (C=O) groups is 2. The van der Waals surface area contributed by atoms with Gasteiger partial charge in [0.05, 0.1) is 6.04 Å². The van der Waals surface area contributed by atoms with Gasteiger partial charge in [0.1, 0.15) is 0 Å². The Hall–Kier alpha value is -0.700. The molecular weight excluding hydrogens is 154 g/mol. The van der Waals surface area contributed by atoms with Gasteiger partial charge < -0.3 is 0 Å². The van der Waals surface area contributed by atoms with E-state index in [9.17, 15) is 9.59 Å². The lowest BCUT2D eigenvalue weighted by Gasteiger charge is -2.35. The Labute approximate surface area is 72.7 Å². The van der Waals surface area contributed by atoms with E-state index in [1.165, 1.54) is 0 Å². The zero-order valence-corrected chi connectivity index (χ0v) is 7.62. The van der Waals surface area contributed by atoms with E-state index in [0.29, 0.717) is 12.3 Å². The molecule has 1 aliphatic rings. The minimum absolute atomic E-state index is 0.161. The van der Waals surface area contributed by atoms with Gasteiger partial charge in [-0.3, -0.25) is 14.5 Å². The average molecular weight is 169 g/mol. The minimum Gasteiger partial charge on any atom is -0.295 e. The highest BCUT2D eigenvalue weighted by Crippen LogP contribution is 2.20. The van der Waals surface area contributed by atoms with Gasteiger partial charge in [-0.05, 0) is 33.2 Å². The molecule has 0 aromatic heterocycles. The molecule has 3 nitrogen and oxygen atoms in total. The Balaban J connectivity index is 2.63. The summed E-state index contributed by atoms with van der Waals surface area (Å²) in [4.78, 5) is 23.4. The molecule has 0 aromatic rings. The molecule has 2 atom stereocenters. The van der Waals surface area contributed by atoms with Gasteiger partial charge in [0, 0.05) is 6.04 Å². The van der Waals surface area contributed by atoms with Gasteiger partial charge in [-0.15, -0.1) is 0 Å². The predicted octanol–water partition coefficient (Wildman–Crippen LogP) is 0.627. The molecule has 12 heavy (non-hydrogen) atoms. The van der Waals surface area contributed by atoms with Crippen molar-refractivity contribution in [2.75, 3.05) is 7.05 Å². The molecule has 1 rings (SSSR count). The molecule has 1 heterocycles. The lowest BCUT2D eigenvalue weighted by atomic mass is 9.95. The molecule has 68 valence electrons. The first-order chi connectivity index (χ1) is 5.66. The smallest absolute Gasteiger partial charge is 0.212 e. The number of Topliss-reactive ketones (excluding diaryl/α,β-unsaturated/α-hetero) is 1. The highest BCUT2D eigenvalue weighted by atomic mass is 16.2. The van der Waals surface area contributed by atoms with Gasteiger partial charge >= 0.3 is 0 Å². The number of likely N-dealkylation sites (tertiary alicyclic amines) is 1. The molecule has 0 N–H and O–H groups in total. The maximum Gasteiger partial charge on any atom is 0.212 e. The maximum absolute atomic E-state index is 11.1. The van der Waals surface area contributed by atoms with Crippen LogP contribution in [-0.4, -0.2) is 36.1 Å². The van der Waals surface area contributed by atoms with Crippen molar-refractivity contribution in [1.29, 1.82) is 0 Å². The van der Waals surface area contributed by atoms with Crippen LogP contribution >= 0.6 is 0 Å². The molecule has 3 heteroatoms. The van der Waals surface area contributed by atoms with Crippen LogP contribution in [0.25, 0.3) is 0 Å². The number of piperidine rings is 1. The lowest BCUT2D eigenvalue weighted by molar-refractivity contribution is -0.134. The van der Waals surface area contributed by atoms with Crippen LogP contribution in [0.5, 0.6) is 0 Å². The fourth-order valence-electron chi connectivity index (χ4n) is 1.74. The number of carbonyl (C=O) groups excluding carboxylic acids is 2. The molecule has 0 bridgehead atoms. The number of hydrogen-bond donors (Lipinski definition) is 0. The summed E-state index contributed by atoms with van der Waals surface area (Å²) in [7, 11) is 1.91. The van der Waals surface area contributed by atoms with E-state index in [1.54, 1.807) is 0 Å². The summed E-state index contributed by atoms with van der Waals surface area (Å²) in [6.07, 6.45) is 3.45. The van der Waals surface area contributed by atoms with Crippen molar-refractivity contribution in [1.82, 2.24) is 4.90 Å². The topological polar surface area (TPSA) is 37.4 Å². The highest BCUT2D eigenvalue weighted by Gasteiger charge is 2.29. The Bertz CT molecular complexity index is 191. The van der Waals surface area contributed by atoms with Gasteiger partial charge in [-0.25, -0.2) is 0 Å². The number of rotatable bonds is 2. The Morgan fingerprint density at radius 2 is 2.17 bits per heavy atom. The standard InChI is InChI=1S/C9H15NO2/c1-7-4-3-5-8(10(7)2)9(12)6-11/h6-8H,3-5H2,1-2H3. The quantitative estimate of drug-likeness (QED) is 0.449. The molecule has 1 saturated heterocycles. The Kier molecular flexibility index (Phi) is 2.98. The summed E-state index contributed by atoms with van der Waals surface area (Å²) in [5.74, 6) is -0.274. The van der Waals surface area contributed by atoms with Gasteiger partial charge in [0.15, 0.2) is 6.29 Å². The van der Waals surface area contributed by atoms with Crippen molar-refractivity contribution in [2.24, 2.45) is 0 Å². The largest absolute Gasteiger partial charge is 0.295 e. The Morgan fingerprint density at radius 1 is 1.50 bits per heavy atom. The maximum atomic E-state index is 11.1. The number of likely N-dealkylation sites (N-methyl/N-ethyl adjacent to an activating group) is 1. The molecule has 0 radical (unpaired) electrons. The van der Waals surface area contributed by atoms with Crippen molar-refractivity contribution in [3.8, 4) is 0 Å². The van der Waals surface area contributed by atoms with E-state index in [4.69, 9.17) is 0 Å². The van der Waals surface area contributed by atoms with Crippen LogP contribution < -0.4 is 0 Å². The predicted molar refractivity (Wildman–Crippen MR) is 45.9 cm³/mol. The van der Waals surface area contributed by atoms with Crippen LogP contribution in [0.3, 0.4) is 0 Å². The minimum atomic E-state index is -0.274. The van der Waals surface area contributed by atoms with Crippen molar-refractivity contribution in [3.63, 3.8) is 0 Å². The number of hydrogen-bond acceptors (Lipinski definition) is 3. The average Bonchev–Trinajstić information content (AvgIpc) is 2.08. The monoisotopic (exact) mass is 169 g/mol. The zero-order valence-electron chi connectivity index (χ0n) is 7.62. The van der Waals surface area contributed by atoms with E-state index >= 15 is 0 Å². The molecule has 0 amide bonds. The van der Waals surface area contributed by atoms with Crippen molar-refractivity contribution >= 4 is 12.1 Å². The summed E-state index contributed by atoms with van der Waals surface area (Å²) in [6.45, 7) is 2.09. The van der Waals surface area contributed by atoms with E-state index in [1.807, 2.05) is 11.9 Å². The molecular formula is C9H15NO2. The van der Waals surface area contributed by atoms with E-state index in [2.05, 4.69) is 6.92 Å². The summed E-state index contributed by atoms with van der Waals surface area (Å²) in [6, 6.07) is 0.263. The lowest BCUT2D eigenvalue weighted by Crippen LogP contribution is -2.47. The number of nitrogens with zero attached hydrogens (tertiary/aromatic N) is 1. The van der Waals surface area contributed by atoms with Crippen LogP contribution in [-0.2, 0) is 9.59 Å². The molecule has 0 aliphatic carbocycles. The normalized spacial score (nSPS) is 31.5. The molecule has 0 spiro atoms. The third kappa shape index (κ3) is 1.72. The SMILES string of the molecule is CC1CCCC(C(=O)C=O)N1C. The van der Waals surface area contributed by atoms with Gasteiger partial charge in [0.25, 0.3) is 0 Å². The van der Waals surface area contributed by atoms with Crippen LogP contribution in [0.2, 0.25) is 0 Å². The fourth-order valence-corrected chi connectivity index (χ4v) is 1.74. The second-order valence-electron chi connectivity index (χ2n) is 3.48. The van der Waals surface area contributed by atoms with Crippen LogP contribution in [0.1, 0.15) is 26.2 Å². The highest BCUT2D eigenvalue weighted by molar-refractivity contribution is 6.27. The second kappa shape index (κ2) is 3.81. The molecule has 0 aromatic carbocycles. The van der Waals surface area contributed by atoms with Gasteiger partial charge in [-0.2, -0.15) is 0 Å². The zero-order chi connectivity index (χ0) is 9.14. The summed E-state index contributed by atoms with van der Waals surface area (Å²) in [5.41, 5.74) is 0. The molecule has 1 fully saturated rings. The first-order valence-corrected chi connectivity index (χ1v) is 4.37. The third-order valence-electron chi connectivity index (χ3n) is 2.73. The van der Waals surface area contributed by atoms with E-state index < -0.39 is 0 Å². The third-order valence-corrected chi connectivity index (χ3v) is 2.73. The fraction of sp³-hybridized carbons (Fsp3) is 0.778. The van der Waals surface area contributed by atoms with Crippen molar-refractivity contribution in [2.45, 2.75) is 38.3 Å². The van der Waals surface area contributed by atoms with Crippen LogP contribution in [0.4, 0.5) is 0 Å². The second-order valence-corrected chi connectivity index (χ2v) is 3.48. The Morgan fingerprint density at radius 3 is 2.75 bits per heavy atom. The first-order valence-electron chi connectivity index (χ1n) is 4.37. The molecule has 2 unspecified atom stereocenters. The van der Waals surface area contributed by atoms with Crippen molar-refractivity contribution in [3.05, 3.63) is 0 Å². The van der Waals surface area contributed by atoms with Crippen LogP contribution in [0, 0.1) is 0 Å². The molecule has 1 aliphatic heterocycles. The summed E-state index contributed by atoms with van der Waals surface area (Å²) >= 11 is 0. The van der Waals surface area contributed by atoms with Crippen molar-refractivity contribution < 1.29 is 9.59 Å². The summed E-state index contributed by atoms with van der Waals surface area (Å²) in [5, 5.41) is 0. The number of ketones is 1. The van der Waals surface area contributed by atoms with Crippen LogP contribution in [0.15, 0.2) is 0 Å². The molecule has 0 saturated carbocycles. The van der Waals surface area contributed by atoms with Gasteiger partial charge in [-0.1, -0.05) is 0 Å². The summed E-state index contributed by atoms with van der Waals surface area (Å²) < 4.78 is 0.